The van der Waals surface area contributed by atoms with Crippen LogP contribution >= 0.6 is 0 Å². The van der Waals surface area contributed by atoms with Gasteiger partial charge in [-0.15, -0.1) is 0 Å². The molecule has 0 aliphatic rings. The lowest BCUT2D eigenvalue weighted by Crippen LogP contribution is -2.12. The third-order valence-electron chi connectivity index (χ3n) is 5.18. The quantitative estimate of drug-likeness (QED) is 0.425. The number of carbonyl (C=O) groups is 1. The van der Waals surface area contributed by atoms with Crippen molar-refractivity contribution in [1.82, 2.24) is 4.98 Å². The van der Waals surface area contributed by atoms with Gasteiger partial charge in [-0.05, 0) is 54.4 Å². The van der Waals surface area contributed by atoms with Gasteiger partial charge in [0.25, 0.3) is 5.91 Å². The fourth-order valence-corrected chi connectivity index (χ4v) is 3.43. The van der Waals surface area contributed by atoms with Crippen LogP contribution in [0.3, 0.4) is 0 Å². The highest BCUT2D eigenvalue weighted by molar-refractivity contribution is 6.05. The highest BCUT2D eigenvalue weighted by Gasteiger charge is 2.17. The number of oxazole rings is 1. The van der Waals surface area contributed by atoms with E-state index in [0.29, 0.717) is 45.5 Å². The number of ether oxygens (including phenoxy) is 3. The van der Waals surface area contributed by atoms with E-state index in [2.05, 4.69) is 29.4 Å². The normalized spacial score (nSPS) is 10.8. The summed E-state index contributed by atoms with van der Waals surface area (Å²) in [5, 5.41) is 2.88. The van der Waals surface area contributed by atoms with E-state index >= 15 is 0 Å². The van der Waals surface area contributed by atoms with Crippen LogP contribution in [0.5, 0.6) is 17.2 Å². The number of nitrogens with one attached hydrogen (secondary N) is 1. The molecule has 0 unspecified atom stereocenters. The first kappa shape index (κ1) is 21.2. The minimum Gasteiger partial charge on any atom is -0.493 e. The number of methoxy groups -OCH3 is 3. The molecule has 0 saturated carbocycles. The fraction of sp³-hybridized carbons (Fsp3) is 0.200. The molecule has 0 saturated heterocycles. The molecule has 1 aromatic heterocycles. The van der Waals surface area contributed by atoms with E-state index in [-0.39, 0.29) is 5.91 Å². The Bertz CT molecular complexity index is 1240. The van der Waals surface area contributed by atoms with Gasteiger partial charge in [0.2, 0.25) is 11.6 Å². The van der Waals surface area contributed by atoms with Gasteiger partial charge in [0, 0.05) is 16.8 Å². The lowest BCUT2D eigenvalue weighted by atomic mass is 10.1. The molecule has 0 aliphatic carbocycles. The molecule has 0 bridgehead atoms. The lowest BCUT2D eigenvalue weighted by molar-refractivity contribution is 0.102. The molecule has 0 spiro atoms. The average Bonchev–Trinajstić information content (AvgIpc) is 3.26. The van der Waals surface area contributed by atoms with Gasteiger partial charge in [-0.2, -0.15) is 0 Å². The molecule has 0 fully saturated rings. The number of hydrogen-bond donors (Lipinski definition) is 1. The summed E-state index contributed by atoms with van der Waals surface area (Å²) in [4.78, 5) is 17.4. The summed E-state index contributed by atoms with van der Waals surface area (Å²) in [6.45, 7) is 2.11. The summed E-state index contributed by atoms with van der Waals surface area (Å²) in [6.07, 6.45) is 0.975. The predicted molar refractivity (Wildman–Crippen MR) is 123 cm³/mol. The van der Waals surface area contributed by atoms with Gasteiger partial charge in [-0.25, -0.2) is 4.98 Å². The molecule has 4 rings (SSSR count). The Labute approximate surface area is 185 Å². The maximum atomic E-state index is 12.9. The number of rotatable bonds is 7. The topological polar surface area (TPSA) is 82.8 Å². The van der Waals surface area contributed by atoms with Crippen LogP contribution in [-0.4, -0.2) is 32.2 Å². The zero-order valence-corrected chi connectivity index (χ0v) is 18.4. The standard InChI is InChI=1S/C25H24N2O5/c1-5-15-6-8-16(9-7-15)25-27-19-14-18(10-11-20(19)32-25)26-24(28)17-12-21(29-2)23(31-4)22(13-17)30-3/h6-14H,5H2,1-4H3,(H,26,28). The first-order valence-electron chi connectivity index (χ1n) is 10.2. The third-order valence-corrected chi connectivity index (χ3v) is 5.18. The number of benzene rings is 3. The number of fused-ring (bicyclic) bond motifs is 1. The van der Waals surface area contributed by atoms with Gasteiger partial charge < -0.3 is 23.9 Å². The Kier molecular flexibility index (Phi) is 5.98. The van der Waals surface area contributed by atoms with Crippen molar-refractivity contribution in [2.24, 2.45) is 0 Å². The number of hydrogen-bond acceptors (Lipinski definition) is 6. The lowest BCUT2D eigenvalue weighted by Gasteiger charge is -2.14. The van der Waals surface area contributed by atoms with E-state index in [0.717, 1.165) is 12.0 Å². The van der Waals surface area contributed by atoms with Crippen LogP contribution in [0.1, 0.15) is 22.8 Å². The van der Waals surface area contributed by atoms with Gasteiger partial charge in [0.05, 0.1) is 21.3 Å². The monoisotopic (exact) mass is 432 g/mol. The van der Waals surface area contributed by atoms with Crippen LogP contribution in [-0.2, 0) is 6.42 Å². The number of aromatic nitrogens is 1. The molecule has 0 radical (unpaired) electrons. The van der Waals surface area contributed by atoms with Crippen molar-refractivity contribution in [3.63, 3.8) is 0 Å². The third kappa shape index (κ3) is 4.09. The molecule has 32 heavy (non-hydrogen) atoms. The maximum Gasteiger partial charge on any atom is 0.255 e. The maximum absolute atomic E-state index is 12.9. The second kappa shape index (κ2) is 9.01. The summed E-state index contributed by atoms with van der Waals surface area (Å²) in [5.74, 6) is 1.46. The molecule has 3 aromatic carbocycles. The fourth-order valence-electron chi connectivity index (χ4n) is 3.43. The molecule has 4 aromatic rings. The van der Waals surface area contributed by atoms with Crippen LogP contribution in [0.2, 0.25) is 0 Å². The number of nitrogens with zero attached hydrogens (tertiary/aromatic N) is 1. The van der Waals surface area contributed by atoms with Crippen molar-refractivity contribution in [1.29, 1.82) is 0 Å². The number of amides is 1. The zero-order chi connectivity index (χ0) is 22.7. The molecule has 7 nitrogen and oxygen atoms in total. The van der Waals surface area contributed by atoms with Gasteiger partial charge in [0.1, 0.15) is 5.52 Å². The van der Waals surface area contributed by atoms with Crippen LogP contribution in [0.25, 0.3) is 22.6 Å². The minimum atomic E-state index is -0.317. The first-order valence-corrected chi connectivity index (χ1v) is 10.2. The van der Waals surface area contributed by atoms with E-state index in [1.807, 2.05) is 12.1 Å². The zero-order valence-electron chi connectivity index (χ0n) is 18.4. The molecule has 7 heteroatoms. The molecule has 1 heterocycles. The second-order valence-corrected chi connectivity index (χ2v) is 7.12. The first-order chi connectivity index (χ1) is 15.6. The van der Waals surface area contributed by atoms with E-state index < -0.39 is 0 Å². The summed E-state index contributed by atoms with van der Waals surface area (Å²) < 4.78 is 21.9. The minimum absolute atomic E-state index is 0.317. The Hall–Kier alpha value is -4.00. The van der Waals surface area contributed by atoms with Crippen LogP contribution in [0.15, 0.2) is 59.0 Å². The Morgan fingerprint density at radius 3 is 2.22 bits per heavy atom. The second-order valence-electron chi connectivity index (χ2n) is 7.12. The van der Waals surface area contributed by atoms with Crippen LogP contribution in [0.4, 0.5) is 5.69 Å². The summed E-state index contributed by atoms with van der Waals surface area (Å²) in [6, 6.07) is 16.7. The smallest absolute Gasteiger partial charge is 0.255 e. The van der Waals surface area contributed by atoms with Crippen LogP contribution in [0, 0.1) is 0 Å². The van der Waals surface area contributed by atoms with Gasteiger partial charge >= 0.3 is 0 Å². The van der Waals surface area contributed by atoms with Crippen molar-refractivity contribution in [3.8, 4) is 28.7 Å². The van der Waals surface area contributed by atoms with Gasteiger partial charge in [-0.3, -0.25) is 4.79 Å². The van der Waals surface area contributed by atoms with Gasteiger partial charge in [-0.1, -0.05) is 19.1 Å². The van der Waals surface area contributed by atoms with Crippen molar-refractivity contribution in [2.45, 2.75) is 13.3 Å². The van der Waals surface area contributed by atoms with E-state index in [9.17, 15) is 4.79 Å². The van der Waals surface area contributed by atoms with Crippen molar-refractivity contribution >= 4 is 22.7 Å². The van der Waals surface area contributed by atoms with Crippen molar-refractivity contribution < 1.29 is 23.4 Å². The van der Waals surface area contributed by atoms with E-state index in [1.165, 1.54) is 26.9 Å². The Morgan fingerprint density at radius 1 is 0.938 bits per heavy atom. The largest absolute Gasteiger partial charge is 0.493 e. The Balaban J connectivity index is 1.59. The van der Waals surface area contributed by atoms with Crippen LogP contribution < -0.4 is 19.5 Å². The number of anilines is 1. The highest BCUT2D eigenvalue weighted by atomic mass is 16.5. The summed E-state index contributed by atoms with van der Waals surface area (Å²) in [5.41, 5.74) is 4.42. The molecular weight excluding hydrogens is 408 g/mol. The molecule has 164 valence electrons. The molecule has 0 aliphatic heterocycles. The molecule has 0 atom stereocenters. The van der Waals surface area contributed by atoms with Crippen molar-refractivity contribution in [3.05, 3.63) is 65.7 Å². The Morgan fingerprint density at radius 2 is 1.62 bits per heavy atom. The number of aryl methyl sites for hydroxylation is 1. The average molecular weight is 432 g/mol. The van der Waals surface area contributed by atoms with E-state index in [1.54, 1.807) is 30.3 Å². The van der Waals surface area contributed by atoms with E-state index in [4.69, 9.17) is 18.6 Å². The highest BCUT2D eigenvalue weighted by Crippen LogP contribution is 2.38. The summed E-state index contributed by atoms with van der Waals surface area (Å²) >= 11 is 0. The molecule has 1 amide bonds. The summed E-state index contributed by atoms with van der Waals surface area (Å²) in [7, 11) is 4.52. The SMILES string of the molecule is CCc1ccc(-c2nc3cc(NC(=O)c4cc(OC)c(OC)c(OC)c4)ccc3o2)cc1. The molecular formula is C25H24N2O5. The number of carbonyl (C=O) groups excluding carboxylic acids is 1. The molecule has 1 N–H and O–H groups in total. The van der Waals surface area contributed by atoms with Gasteiger partial charge in [0.15, 0.2) is 17.1 Å². The van der Waals surface area contributed by atoms with Crippen molar-refractivity contribution in [2.75, 3.05) is 26.6 Å². The predicted octanol–water partition coefficient (Wildman–Crippen LogP) is 5.34.